The first-order chi connectivity index (χ1) is 8.66. The van der Waals surface area contributed by atoms with Gasteiger partial charge in [0.05, 0.1) is 18.8 Å². The lowest BCUT2D eigenvalue weighted by atomic mass is 10.2. The Balaban J connectivity index is 1.76. The number of ether oxygens (including phenoxy) is 1. The van der Waals surface area contributed by atoms with Crippen molar-refractivity contribution in [2.24, 2.45) is 0 Å². The lowest BCUT2D eigenvalue weighted by Crippen LogP contribution is -2.41. The predicted molar refractivity (Wildman–Crippen MR) is 69.9 cm³/mol. The van der Waals surface area contributed by atoms with Crippen LogP contribution in [0.4, 0.5) is 0 Å². The van der Waals surface area contributed by atoms with Crippen molar-refractivity contribution < 1.29 is 9.53 Å². The van der Waals surface area contributed by atoms with Gasteiger partial charge in [0.15, 0.2) is 0 Å². The van der Waals surface area contributed by atoms with Crippen molar-refractivity contribution in [2.45, 2.75) is 13.8 Å². The van der Waals surface area contributed by atoms with E-state index in [1.807, 2.05) is 19.9 Å². The van der Waals surface area contributed by atoms with Crippen molar-refractivity contribution in [1.82, 2.24) is 15.2 Å². The molecule has 2 rings (SSSR count). The number of aromatic nitrogens is 1. The zero-order chi connectivity index (χ0) is 13.0. The van der Waals surface area contributed by atoms with Gasteiger partial charge in [-0.25, -0.2) is 0 Å². The second-order valence-corrected chi connectivity index (χ2v) is 4.70. The van der Waals surface area contributed by atoms with Crippen molar-refractivity contribution in [1.29, 1.82) is 0 Å². The van der Waals surface area contributed by atoms with Gasteiger partial charge in [-0.1, -0.05) is 0 Å². The van der Waals surface area contributed by atoms with Crippen molar-refractivity contribution >= 4 is 5.91 Å². The molecule has 100 valence electrons. The average molecular weight is 251 g/mol. The molecule has 2 N–H and O–H groups in total. The molecule has 0 atom stereocenters. The summed E-state index contributed by atoms with van der Waals surface area (Å²) in [6.45, 7) is 8.95. The zero-order valence-corrected chi connectivity index (χ0v) is 11.1. The lowest BCUT2D eigenvalue weighted by molar-refractivity contribution is 0.0383. The molecule has 0 bridgehead atoms. The van der Waals surface area contributed by atoms with Gasteiger partial charge in [0.1, 0.15) is 0 Å². The maximum absolute atomic E-state index is 11.9. The Morgan fingerprint density at radius 2 is 2.17 bits per heavy atom. The van der Waals surface area contributed by atoms with E-state index >= 15 is 0 Å². The van der Waals surface area contributed by atoms with E-state index in [4.69, 9.17) is 4.74 Å². The van der Waals surface area contributed by atoms with Crippen LogP contribution in [0.15, 0.2) is 6.07 Å². The summed E-state index contributed by atoms with van der Waals surface area (Å²) >= 11 is 0. The fraction of sp³-hybridized carbons (Fsp3) is 0.615. The summed E-state index contributed by atoms with van der Waals surface area (Å²) in [5.41, 5.74) is 2.69. The van der Waals surface area contributed by atoms with Crippen molar-refractivity contribution in [3.63, 3.8) is 0 Å². The van der Waals surface area contributed by atoms with Gasteiger partial charge in [0, 0.05) is 37.6 Å². The molecule has 2 heterocycles. The Labute approximate surface area is 108 Å². The number of hydrogen-bond acceptors (Lipinski definition) is 3. The highest BCUT2D eigenvalue weighted by molar-refractivity contribution is 5.95. The SMILES string of the molecule is Cc1cc(C(=O)NCCN2CCOCC2)c(C)[nH]1. The largest absolute Gasteiger partial charge is 0.379 e. The number of H-pyrrole nitrogens is 1. The monoisotopic (exact) mass is 251 g/mol. The summed E-state index contributed by atoms with van der Waals surface area (Å²) in [5, 5.41) is 2.96. The number of morpholine rings is 1. The Bertz CT molecular complexity index is 408. The van der Waals surface area contributed by atoms with Gasteiger partial charge in [0.2, 0.25) is 0 Å². The summed E-state index contributed by atoms with van der Waals surface area (Å²) in [7, 11) is 0. The first-order valence-corrected chi connectivity index (χ1v) is 6.41. The van der Waals surface area contributed by atoms with E-state index in [1.165, 1.54) is 0 Å². The van der Waals surface area contributed by atoms with Gasteiger partial charge in [-0.05, 0) is 19.9 Å². The molecule has 0 aliphatic carbocycles. The molecule has 0 unspecified atom stereocenters. The molecule has 1 aromatic heterocycles. The normalized spacial score (nSPS) is 16.8. The summed E-state index contributed by atoms with van der Waals surface area (Å²) < 4.78 is 5.28. The summed E-state index contributed by atoms with van der Waals surface area (Å²) in [6, 6.07) is 1.89. The van der Waals surface area contributed by atoms with Crippen LogP contribution in [0.3, 0.4) is 0 Å². The van der Waals surface area contributed by atoms with E-state index in [9.17, 15) is 4.79 Å². The number of aryl methyl sites for hydroxylation is 2. The van der Waals surface area contributed by atoms with E-state index in [0.717, 1.165) is 49.8 Å². The molecule has 1 saturated heterocycles. The number of carbonyl (C=O) groups excluding carboxylic acids is 1. The number of amides is 1. The molecule has 1 aliphatic heterocycles. The third kappa shape index (κ3) is 3.34. The summed E-state index contributed by atoms with van der Waals surface area (Å²) in [4.78, 5) is 17.4. The maximum Gasteiger partial charge on any atom is 0.253 e. The molecule has 0 radical (unpaired) electrons. The molecule has 18 heavy (non-hydrogen) atoms. The van der Waals surface area contributed by atoms with E-state index < -0.39 is 0 Å². The van der Waals surface area contributed by atoms with Crippen LogP contribution >= 0.6 is 0 Å². The van der Waals surface area contributed by atoms with Gasteiger partial charge >= 0.3 is 0 Å². The number of nitrogens with zero attached hydrogens (tertiary/aromatic N) is 1. The highest BCUT2D eigenvalue weighted by Crippen LogP contribution is 2.08. The second kappa shape index (κ2) is 6.02. The Kier molecular flexibility index (Phi) is 4.38. The van der Waals surface area contributed by atoms with Crippen LogP contribution in [0.1, 0.15) is 21.7 Å². The quantitative estimate of drug-likeness (QED) is 0.828. The minimum Gasteiger partial charge on any atom is -0.379 e. The fourth-order valence-corrected chi connectivity index (χ4v) is 2.21. The van der Waals surface area contributed by atoms with Crippen LogP contribution in [0.5, 0.6) is 0 Å². The van der Waals surface area contributed by atoms with Crippen LogP contribution in [0.25, 0.3) is 0 Å². The van der Waals surface area contributed by atoms with Crippen molar-refractivity contribution in [2.75, 3.05) is 39.4 Å². The van der Waals surface area contributed by atoms with Gasteiger partial charge in [-0.15, -0.1) is 0 Å². The zero-order valence-electron chi connectivity index (χ0n) is 11.1. The van der Waals surface area contributed by atoms with Crippen LogP contribution in [0, 0.1) is 13.8 Å². The highest BCUT2D eigenvalue weighted by atomic mass is 16.5. The Morgan fingerprint density at radius 1 is 1.44 bits per heavy atom. The van der Waals surface area contributed by atoms with E-state index in [0.29, 0.717) is 6.54 Å². The molecule has 5 nitrogen and oxygen atoms in total. The molecule has 5 heteroatoms. The molecule has 0 saturated carbocycles. The first kappa shape index (κ1) is 13.1. The molecular formula is C13H21N3O2. The average Bonchev–Trinajstić information content (AvgIpc) is 2.70. The van der Waals surface area contributed by atoms with Crippen molar-refractivity contribution in [3.05, 3.63) is 23.0 Å². The van der Waals surface area contributed by atoms with Crippen LogP contribution in [-0.2, 0) is 4.74 Å². The van der Waals surface area contributed by atoms with Gasteiger partial charge in [0.25, 0.3) is 5.91 Å². The summed E-state index contributed by atoms with van der Waals surface area (Å²) in [5.74, 6) is 0.00473. The minimum atomic E-state index is 0.00473. The van der Waals surface area contributed by atoms with Gasteiger partial charge < -0.3 is 15.0 Å². The van der Waals surface area contributed by atoms with Gasteiger partial charge in [-0.2, -0.15) is 0 Å². The lowest BCUT2D eigenvalue weighted by Gasteiger charge is -2.26. The number of hydrogen-bond donors (Lipinski definition) is 2. The Morgan fingerprint density at radius 3 is 2.78 bits per heavy atom. The first-order valence-electron chi connectivity index (χ1n) is 6.41. The second-order valence-electron chi connectivity index (χ2n) is 4.70. The maximum atomic E-state index is 11.9. The Hall–Kier alpha value is -1.33. The van der Waals surface area contributed by atoms with Crippen molar-refractivity contribution in [3.8, 4) is 0 Å². The summed E-state index contributed by atoms with van der Waals surface area (Å²) in [6.07, 6.45) is 0. The van der Waals surface area contributed by atoms with E-state index in [1.54, 1.807) is 0 Å². The number of rotatable bonds is 4. The molecule has 1 fully saturated rings. The van der Waals surface area contributed by atoms with E-state index in [-0.39, 0.29) is 5.91 Å². The molecule has 1 aliphatic rings. The third-order valence-electron chi connectivity index (χ3n) is 3.21. The molecule has 1 amide bonds. The molecule has 0 spiro atoms. The smallest absolute Gasteiger partial charge is 0.253 e. The third-order valence-corrected chi connectivity index (χ3v) is 3.21. The fourth-order valence-electron chi connectivity index (χ4n) is 2.21. The number of nitrogens with one attached hydrogen (secondary N) is 2. The standard InChI is InChI=1S/C13H21N3O2/c1-10-9-12(11(2)15-10)13(17)14-3-4-16-5-7-18-8-6-16/h9,15H,3-8H2,1-2H3,(H,14,17). The highest BCUT2D eigenvalue weighted by Gasteiger charge is 2.13. The number of carbonyl (C=O) groups is 1. The predicted octanol–water partition coefficient (Wildman–Crippen LogP) is 0.694. The van der Waals surface area contributed by atoms with Crippen LogP contribution in [0.2, 0.25) is 0 Å². The van der Waals surface area contributed by atoms with Gasteiger partial charge in [-0.3, -0.25) is 9.69 Å². The topological polar surface area (TPSA) is 57.4 Å². The molecule has 0 aromatic carbocycles. The van der Waals surface area contributed by atoms with Crippen LogP contribution in [-0.4, -0.2) is 55.2 Å². The number of aromatic amines is 1. The molecule has 1 aromatic rings. The molecular weight excluding hydrogens is 230 g/mol. The van der Waals surface area contributed by atoms with Crippen LogP contribution < -0.4 is 5.32 Å². The van der Waals surface area contributed by atoms with E-state index in [2.05, 4.69) is 15.2 Å². The minimum absolute atomic E-state index is 0.00473.